The summed E-state index contributed by atoms with van der Waals surface area (Å²) in [6.45, 7) is 16.7. The van der Waals surface area contributed by atoms with Gasteiger partial charge in [0.2, 0.25) is 0 Å². The maximum Gasteiger partial charge on any atom is 0.256 e. The first-order chi connectivity index (χ1) is 11.2. The second kappa shape index (κ2) is 7.68. The van der Waals surface area contributed by atoms with Crippen molar-refractivity contribution in [2.24, 2.45) is 11.8 Å². The van der Waals surface area contributed by atoms with E-state index in [-0.39, 0.29) is 11.3 Å². The van der Waals surface area contributed by atoms with Crippen molar-refractivity contribution in [1.29, 1.82) is 0 Å². The Morgan fingerprint density at radius 2 is 1.96 bits per heavy atom. The molecule has 1 aliphatic rings. The highest BCUT2D eigenvalue weighted by atomic mass is 16.5. The number of aryl methyl sites for hydroxylation is 1. The fourth-order valence-electron chi connectivity index (χ4n) is 3.37. The summed E-state index contributed by atoms with van der Waals surface area (Å²) in [5.41, 5.74) is 1.15. The highest BCUT2D eigenvalue weighted by Crippen LogP contribution is 2.27. The van der Waals surface area contributed by atoms with Gasteiger partial charge in [0, 0.05) is 18.5 Å². The number of nitrogens with one attached hydrogen (secondary N) is 1. The van der Waals surface area contributed by atoms with Crippen LogP contribution in [0.2, 0.25) is 0 Å². The largest absolute Gasteiger partial charge is 0.361 e. The molecular weight excluding hydrogens is 302 g/mol. The Morgan fingerprint density at radius 3 is 2.50 bits per heavy atom. The smallest absolute Gasteiger partial charge is 0.256 e. The maximum atomic E-state index is 12.6. The fourth-order valence-corrected chi connectivity index (χ4v) is 3.37. The predicted octanol–water partition coefficient (Wildman–Crippen LogP) is 3.38. The summed E-state index contributed by atoms with van der Waals surface area (Å²) < 4.78 is 5.27. The molecule has 0 unspecified atom stereocenters. The van der Waals surface area contributed by atoms with Crippen molar-refractivity contribution in [2.75, 3.05) is 26.2 Å². The first-order valence-corrected chi connectivity index (χ1v) is 9.15. The third-order valence-corrected chi connectivity index (χ3v) is 4.68. The van der Waals surface area contributed by atoms with Crippen LogP contribution in [0.3, 0.4) is 0 Å². The Bertz CT molecular complexity index is 549. The van der Waals surface area contributed by atoms with Crippen LogP contribution in [0.1, 0.15) is 69.3 Å². The summed E-state index contributed by atoms with van der Waals surface area (Å²) in [5.74, 6) is 1.83. The Kier molecular flexibility index (Phi) is 6.07. The number of hydrogen-bond donors (Lipinski definition) is 1. The summed E-state index contributed by atoms with van der Waals surface area (Å²) in [6, 6.07) is 0. The van der Waals surface area contributed by atoms with Crippen LogP contribution >= 0.6 is 0 Å². The predicted molar refractivity (Wildman–Crippen MR) is 96.3 cm³/mol. The molecular formula is C19H33N3O2. The highest BCUT2D eigenvalue weighted by Gasteiger charge is 2.29. The number of nitrogens with zero attached hydrogens (tertiary/aromatic N) is 2. The van der Waals surface area contributed by atoms with Gasteiger partial charge in [-0.1, -0.05) is 39.8 Å². The Morgan fingerprint density at radius 1 is 1.33 bits per heavy atom. The van der Waals surface area contributed by atoms with Crippen molar-refractivity contribution in [3.05, 3.63) is 17.0 Å². The molecule has 1 aromatic rings. The number of amides is 1. The van der Waals surface area contributed by atoms with E-state index < -0.39 is 0 Å². The number of aromatic nitrogens is 1. The number of rotatable bonds is 5. The van der Waals surface area contributed by atoms with Crippen molar-refractivity contribution >= 4 is 5.91 Å². The lowest BCUT2D eigenvalue weighted by Gasteiger charge is -2.33. The van der Waals surface area contributed by atoms with Gasteiger partial charge in [0.15, 0.2) is 0 Å². The van der Waals surface area contributed by atoms with Crippen molar-refractivity contribution in [3.63, 3.8) is 0 Å². The quantitative estimate of drug-likeness (QED) is 0.896. The SMILES string of the molecule is Cc1onc(C(C)(C)C)c1C(=O)NCC1CCN(CC(C)C)CC1. The van der Waals surface area contributed by atoms with E-state index in [1.807, 2.05) is 27.7 Å². The van der Waals surface area contributed by atoms with Gasteiger partial charge in [-0.15, -0.1) is 0 Å². The number of carbonyl (C=O) groups excluding carboxylic acids is 1. The molecule has 1 aliphatic heterocycles. The van der Waals surface area contributed by atoms with Gasteiger partial charge in [-0.2, -0.15) is 0 Å². The zero-order valence-corrected chi connectivity index (χ0v) is 16.1. The van der Waals surface area contributed by atoms with Gasteiger partial charge >= 0.3 is 0 Å². The van der Waals surface area contributed by atoms with Crippen LogP contribution < -0.4 is 5.32 Å². The first kappa shape index (κ1) is 19.0. The maximum absolute atomic E-state index is 12.6. The molecule has 5 nitrogen and oxygen atoms in total. The Balaban J connectivity index is 1.88. The van der Waals surface area contributed by atoms with Crippen molar-refractivity contribution in [1.82, 2.24) is 15.4 Å². The molecule has 0 aliphatic carbocycles. The molecule has 0 saturated carbocycles. The van der Waals surface area contributed by atoms with Crippen LogP contribution in [-0.2, 0) is 5.41 Å². The molecule has 2 heterocycles. The molecule has 1 fully saturated rings. The molecule has 1 amide bonds. The normalized spacial score (nSPS) is 17.5. The minimum atomic E-state index is -0.202. The second-order valence-corrected chi connectivity index (χ2v) is 8.56. The topological polar surface area (TPSA) is 58.4 Å². The molecule has 5 heteroatoms. The average molecular weight is 335 g/mol. The second-order valence-electron chi connectivity index (χ2n) is 8.56. The van der Waals surface area contributed by atoms with E-state index in [1.54, 1.807) is 0 Å². The zero-order valence-electron chi connectivity index (χ0n) is 16.1. The van der Waals surface area contributed by atoms with Gasteiger partial charge in [0.1, 0.15) is 17.0 Å². The minimum absolute atomic E-state index is 0.0525. The standard InChI is InChI=1S/C19H33N3O2/c1-13(2)12-22-9-7-15(8-10-22)11-20-18(23)16-14(3)24-21-17(16)19(4,5)6/h13,15H,7-12H2,1-6H3,(H,20,23). The summed E-state index contributed by atoms with van der Waals surface area (Å²) in [5, 5.41) is 7.20. The van der Waals surface area contributed by atoms with Gasteiger partial charge in [-0.3, -0.25) is 4.79 Å². The fraction of sp³-hybridized carbons (Fsp3) is 0.789. The summed E-state index contributed by atoms with van der Waals surface area (Å²) in [6.07, 6.45) is 2.31. The number of piperidine rings is 1. The molecule has 0 bridgehead atoms. The number of carbonyl (C=O) groups is 1. The minimum Gasteiger partial charge on any atom is -0.361 e. The lowest BCUT2D eigenvalue weighted by atomic mass is 9.88. The van der Waals surface area contributed by atoms with E-state index >= 15 is 0 Å². The third kappa shape index (κ3) is 4.82. The van der Waals surface area contributed by atoms with Crippen molar-refractivity contribution in [3.8, 4) is 0 Å². The van der Waals surface area contributed by atoms with E-state index in [2.05, 4.69) is 29.2 Å². The monoisotopic (exact) mass is 335 g/mol. The highest BCUT2D eigenvalue weighted by molar-refractivity contribution is 5.96. The average Bonchev–Trinajstić information content (AvgIpc) is 2.87. The van der Waals surface area contributed by atoms with E-state index in [0.29, 0.717) is 23.2 Å². The molecule has 2 rings (SSSR count). The van der Waals surface area contributed by atoms with E-state index in [4.69, 9.17) is 4.52 Å². The molecule has 1 aromatic heterocycles. The van der Waals surface area contributed by atoms with Gasteiger partial charge < -0.3 is 14.7 Å². The summed E-state index contributed by atoms with van der Waals surface area (Å²) in [7, 11) is 0. The van der Waals surface area contributed by atoms with Gasteiger partial charge in [0.25, 0.3) is 5.91 Å². The number of likely N-dealkylation sites (tertiary alicyclic amines) is 1. The van der Waals surface area contributed by atoms with Crippen LogP contribution in [0.25, 0.3) is 0 Å². The Labute approximate surface area is 146 Å². The molecule has 24 heavy (non-hydrogen) atoms. The third-order valence-electron chi connectivity index (χ3n) is 4.68. The van der Waals surface area contributed by atoms with Crippen LogP contribution in [-0.4, -0.2) is 42.1 Å². The van der Waals surface area contributed by atoms with Gasteiger partial charge in [-0.25, -0.2) is 0 Å². The lowest BCUT2D eigenvalue weighted by molar-refractivity contribution is 0.0931. The van der Waals surface area contributed by atoms with Crippen LogP contribution in [0, 0.1) is 18.8 Å². The summed E-state index contributed by atoms with van der Waals surface area (Å²) in [4.78, 5) is 15.2. The molecule has 0 atom stereocenters. The van der Waals surface area contributed by atoms with Crippen LogP contribution in [0.4, 0.5) is 0 Å². The van der Waals surface area contributed by atoms with E-state index in [9.17, 15) is 4.79 Å². The van der Waals surface area contributed by atoms with Crippen LogP contribution in [0.15, 0.2) is 4.52 Å². The molecule has 0 spiro atoms. The van der Waals surface area contributed by atoms with Crippen molar-refractivity contribution in [2.45, 2.75) is 59.8 Å². The summed E-state index contributed by atoms with van der Waals surface area (Å²) >= 11 is 0. The molecule has 1 N–H and O–H groups in total. The van der Waals surface area contributed by atoms with Crippen molar-refractivity contribution < 1.29 is 9.32 Å². The van der Waals surface area contributed by atoms with E-state index in [1.165, 1.54) is 6.54 Å². The Hall–Kier alpha value is -1.36. The first-order valence-electron chi connectivity index (χ1n) is 9.15. The molecule has 0 radical (unpaired) electrons. The zero-order chi connectivity index (χ0) is 17.9. The molecule has 0 aromatic carbocycles. The number of hydrogen-bond acceptors (Lipinski definition) is 4. The lowest BCUT2D eigenvalue weighted by Crippen LogP contribution is -2.40. The van der Waals surface area contributed by atoms with Gasteiger partial charge in [0.05, 0.1) is 0 Å². The molecule has 1 saturated heterocycles. The van der Waals surface area contributed by atoms with Crippen LogP contribution in [0.5, 0.6) is 0 Å². The van der Waals surface area contributed by atoms with E-state index in [0.717, 1.165) is 38.2 Å². The molecule has 136 valence electrons. The van der Waals surface area contributed by atoms with Gasteiger partial charge in [-0.05, 0) is 44.7 Å².